The van der Waals surface area contributed by atoms with Gasteiger partial charge in [0.1, 0.15) is 0 Å². The van der Waals surface area contributed by atoms with E-state index in [-0.39, 0.29) is 18.0 Å². The first kappa shape index (κ1) is 23.0. The third kappa shape index (κ3) is 5.70. The SMILES string of the molecule is O=C(CN(Cc1ccccc1Cl)S(=O)(=O)c1ccc(Br)cc1)Nc1ccccc1Br. The van der Waals surface area contributed by atoms with Gasteiger partial charge in [-0.3, -0.25) is 4.79 Å². The highest BCUT2D eigenvalue weighted by molar-refractivity contribution is 9.10. The van der Waals surface area contributed by atoms with Crippen LogP contribution in [0.1, 0.15) is 5.56 Å². The minimum absolute atomic E-state index is 0.0402. The van der Waals surface area contributed by atoms with Gasteiger partial charge in [-0.25, -0.2) is 8.42 Å². The fourth-order valence-corrected chi connectivity index (χ4v) is 4.93. The number of carbonyl (C=O) groups is 1. The summed E-state index contributed by atoms with van der Waals surface area (Å²) in [4.78, 5) is 12.8. The number of hydrogen-bond donors (Lipinski definition) is 1. The van der Waals surface area contributed by atoms with Gasteiger partial charge in [-0.15, -0.1) is 0 Å². The highest BCUT2D eigenvalue weighted by atomic mass is 79.9. The summed E-state index contributed by atoms with van der Waals surface area (Å²) in [6.45, 7) is -0.410. The van der Waals surface area contributed by atoms with Gasteiger partial charge in [0.2, 0.25) is 15.9 Å². The quantitative estimate of drug-likeness (QED) is 0.395. The van der Waals surface area contributed by atoms with Crippen LogP contribution in [-0.4, -0.2) is 25.2 Å². The number of carbonyl (C=O) groups excluding carboxylic acids is 1. The first-order valence-electron chi connectivity index (χ1n) is 8.81. The molecule has 0 aliphatic heterocycles. The van der Waals surface area contributed by atoms with Gasteiger partial charge in [0.25, 0.3) is 0 Å². The number of anilines is 1. The second-order valence-corrected chi connectivity index (χ2v) is 10.5. The van der Waals surface area contributed by atoms with E-state index >= 15 is 0 Å². The lowest BCUT2D eigenvalue weighted by atomic mass is 10.2. The fourth-order valence-electron chi connectivity index (χ4n) is 2.71. The standard InChI is InChI=1S/C21H17Br2ClN2O3S/c22-16-9-11-17(12-10-16)30(28,29)26(13-15-5-1-3-7-19(15)24)14-21(27)25-20-8-4-2-6-18(20)23/h1-12H,13-14H2,(H,25,27). The minimum atomic E-state index is -3.95. The Kier molecular flexibility index (Phi) is 7.70. The van der Waals surface area contributed by atoms with E-state index in [1.165, 1.54) is 12.1 Å². The van der Waals surface area contributed by atoms with E-state index in [4.69, 9.17) is 11.6 Å². The topological polar surface area (TPSA) is 66.5 Å². The molecule has 0 aromatic heterocycles. The first-order valence-corrected chi connectivity index (χ1v) is 12.2. The number of sulfonamides is 1. The Morgan fingerprint density at radius 1 is 0.933 bits per heavy atom. The highest BCUT2D eigenvalue weighted by Crippen LogP contribution is 2.25. The molecule has 3 rings (SSSR count). The predicted molar refractivity (Wildman–Crippen MR) is 126 cm³/mol. The molecule has 0 atom stereocenters. The lowest BCUT2D eigenvalue weighted by molar-refractivity contribution is -0.116. The van der Waals surface area contributed by atoms with Crippen molar-refractivity contribution in [3.63, 3.8) is 0 Å². The maximum atomic E-state index is 13.3. The van der Waals surface area contributed by atoms with Crippen molar-refractivity contribution >= 4 is 65.1 Å². The highest BCUT2D eigenvalue weighted by Gasteiger charge is 2.27. The molecule has 0 aliphatic carbocycles. The van der Waals surface area contributed by atoms with Crippen molar-refractivity contribution in [3.05, 3.63) is 92.3 Å². The van der Waals surface area contributed by atoms with Crippen molar-refractivity contribution in [2.24, 2.45) is 0 Å². The lowest BCUT2D eigenvalue weighted by Gasteiger charge is -2.22. The molecule has 0 saturated heterocycles. The normalized spacial score (nSPS) is 11.5. The monoisotopic (exact) mass is 570 g/mol. The van der Waals surface area contributed by atoms with Crippen LogP contribution < -0.4 is 5.32 Å². The maximum Gasteiger partial charge on any atom is 0.243 e. The molecule has 0 unspecified atom stereocenters. The van der Waals surface area contributed by atoms with Crippen LogP contribution in [0.2, 0.25) is 5.02 Å². The van der Waals surface area contributed by atoms with Crippen molar-refractivity contribution in [1.29, 1.82) is 0 Å². The van der Waals surface area contributed by atoms with E-state index in [0.29, 0.717) is 20.7 Å². The van der Waals surface area contributed by atoms with Gasteiger partial charge in [0, 0.05) is 20.5 Å². The maximum absolute atomic E-state index is 13.3. The number of benzene rings is 3. The molecule has 1 amide bonds. The van der Waals surface area contributed by atoms with Gasteiger partial charge < -0.3 is 5.32 Å². The molecule has 0 saturated carbocycles. The number of para-hydroxylation sites is 1. The van der Waals surface area contributed by atoms with Crippen molar-refractivity contribution in [3.8, 4) is 0 Å². The second-order valence-electron chi connectivity index (χ2n) is 6.35. The Hall–Kier alpha value is -1.71. The van der Waals surface area contributed by atoms with Gasteiger partial charge in [-0.05, 0) is 64.0 Å². The van der Waals surface area contributed by atoms with Crippen LogP contribution in [0.4, 0.5) is 5.69 Å². The van der Waals surface area contributed by atoms with E-state index in [2.05, 4.69) is 37.2 Å². The molecule has 0 spiro atoms. The molecule has 0 heterocycles. The number of nitrogens with zero attached hydrogens (tertiary/aromatic N) is 1. The molecule has 3 aromatic rings. The summed E-state index contributed by atoms with van der Waals surface area (Å²) in [7, 11) is -3.95. The van der Waals surface area contributed by atoms with Crippen molar-refractivity contribution in [2.45, 2.75) is 11.4 Å². The van der Waals surface area contributed by atoms with Crippen molar-refractivity contribution in [1.82, 2.24) is 4.31 Å². The molecule has 5 nitrogen and oxygen atoms in total. The van der Waals surface area contributed by atoms with E-state index in [1.54, 1.807) is 54.6 Å². The second kappa shape index (κ2) is 10.1. The average molecular weight is 573 g/mol. The first-order chi connectivity index (χ1) is 14.3. The Bertz CT molecular complexity index is 1150. The molecule has 9 heteroatoms. The summed E-state index contributed by atoms with van der Waals surface area (Å²) in [6, 6.07) is 20.3. The van der Waals surface area contributed by atoms with E-state index in [9.17, 15) is 13.2 Å². The van der Waals surface area contributed by atoms with Gasteiger partial charge >= 0.3 is 0 Å². The zero-order chi connectivity index (χ0) is 21.7. The molecule has 1 N–H and O–H groups in total. The summed E-state index contributed by atoms with van der Waals surface area (Å²) in [5.74, 6) is -0.463. The molecule has 0 bridgehead atoms. The van der Waals surface area contributed by atoms with Crippen LogP contribution in [-0.2, 0) is 21.4 Å². The van der Waals surface area contributed by atoms with Gasteiger partial charge in [-0.2, -0.15) is 4.31 Å². The van der Waals surface area contributed by atoms with Crippen LogP contribution in [0.25, 0.3) is 0 Å². The number of halogens is 3. The van der Waals surface area contributed by atoms with Crippen LogP contribution in [0.3, 0.4) is 0 Å². The molecular formula is C21H17Br2ClN2O3S. The largest absolute Gasteiger partial charge is 0.324 e. The molecule has 0 fully saturated rings. The summed E-state index contributed by atoms with van der Waals surface area (Å²) in [6.07, 6.45) is 0. The van der Waals surface area contributed by atoms with Gasteiger partial charge in [0.05, 0.1) is 17.1 Å². The molecule has 156 valence electrons. The number of hydrogen-bond acceptors (Lipinski definition) is 3. The van der Waals surface area contributed by atoms with Crippen molar-refractivity contribution < 1.29 is 13.2 Å². The number of amides is 1. The van der Waals surface area contributed by atoms with Gasteiger partial charge in [0.15, 0.2) is 0 Å². The summed E-state index contributed by atoms with van der Waals surface area (Å²) < 4.78 is 29.2. The van der Waals surface area contributed by atoms with Crippen LogP contribution in [0.15, 0.2) is 86.6 Å². The summed E-state index contributed by atoms with van der Waals surface area (Å²) in [5.41, 5.74) is 1.16. The fraction of sp³-hybridized carbons (Fsp3) is 0.0952. The molecule has 0 aliphatic rings. The van der Waals surface area contributed by atoms with E-state index in [0.717, 1.165) is 8.78 Å². The molecular weight excluding hydrogens is 556 g/mol. The minimum Gasteiger partial charge on any atom is -0.324 e. The van der Waals surface area contributed by atoms with Crippen LogP contribution >= 0.6 is 43.5 Å². The van der Waals surface area contributed by atoms with E-state index < -0.39 is 15.9 Å². The number of nitrogens with one attached hydrogen (secondary N) is 1. The average Bonchev–Trinajstić information content (AvgIpc) is 2.71. The summed E-state index contributed by atoms with van der Waals surface area (Å²) in [5, 5.41) is 3.17. The Morgan fingerprint density at radius 3 is 2.23 bits per heavy atom. The van der Waals surface area contributed by atoms with Crippen LogP contribution in [0.5, 0.6) is 0 Å². The van der Waals surface area contributed by atoms with Crippen molar-refractivity contribution in [2.75, 3.05) is 11.9 Å². The smallest absolute Gasteiger partial charge is 0.243 e. The Morgan fingerprint density at radius 2 is 1.57 bits per heavy atom. The third-order valence-electron chi connectivity index (χ3n) is 4.22. The lowest BCUT2D eigenvalue weighted by Crippen LogP contribution is -2.37. The molecule has 3 aromatic carbocycles. The molecule has 30 heavy (non-hydrogen) atoms. The third-order valence-corrected chi connectivity index (χ3v) is 7.62. The summed E-state index contributed by atoms with van der Waals surface area (Å²) >= 11 is 12.9. The van der Waals surface area contributed by atoms with Gasteiger partial charge in [-0.1, -0.05) is 57.9 Å². The molecule has 0 radical (unpaired) electrons. The Labute approximate surface area is 197 Å². The zero-order valence-corrected chi connectivity index (χ0v) is 20.3. The number of rotatable bonds is 7. The van der Waals surface area contributed by atoms with E-state index in [1.807, 2.05) is 6.07 Å². The predicted octanol–water partition coefficient (Wildman–Crippen LogP) is 5.69. The zero-order valence-electron chi connectivity index (χ0n) is 15.6. The van der Waals surface area contributed by atoms with Crippen LogP contribution in [0, 0.1) is 0 Å². The Balaban J connectivity index is 1.91.